The van der Waals surface area contributed by atoms with Gasteiger partial charge in [-0.25, -0.2) is 0 Å². The van der Waals surface area contributed by atoms with Gasteiger partial charge in [-0.2, -0.15) is 0 Å². The predicted octanol–water partition coefficient (Wildman–Crippen LogP) is 2.71. The molecule has 11 amide bonds. The number of piperidine rings is 1. The Morgan fingerprint density at radius 1 is 0.580 bits per heavy atom. The standard InChI is InChI=1S/C65H101N11O12/c1-16-75(55(79)40-69(11)60(83)45(9)77)53(38-47-29-22-18-23-30-47)64(87)72(14)52(37-46-27-20-17-21-28-46)63(86)71(13)51(36-42(4)5)65(88)76-34-26-31-49(76)62(85)70(12)50(35-41(2)3)57(80)67-44(8)59(82)73(15)56(43(6)7)58(81)68-48(39-54(78)66-10)61(84)74-32-24-19-25-33-74/h17-18,20-23,27-30,41-45,48-53,56,77H,16,19,24-26,31-40H2,1-15H3,(H,66,78)(H,67,80)(H,68,81)/t44-,45+,48-,49-,50-,51-,52-,53-,56-/m0/s1. The van der Waals surface area contributed by atoms with E-state index in [-0.39, 0.29) is 69.4 Å². The zero-order valence-corrected chi connectivity index (χ0v) is 54.8. The molecule has 2 heterocycles. The van der Waals surface area contributed by atoms with E-state index in [1.165, 1.54) is 85.5 Å². The lowest BCUT2D eigenvalue weighted by molar-refractivity contribution is -0.156. The van der Waals surface area contributed by atoms with Gasteiger partial charge in [-0.3, -0.25) is 52.7 Å². The zero-order valence-electron chi connectivity index (χ0n) is 54.8. The van der Waals surface area contributed by atoms with E-state index in [1.807, 2.05) is 88.4 Å². The van der Waals surface area contributed by atoms with Gasteiger partial charge in [-0.15, -0.1) is 0 Å². The van der Waals surface area contributed by atoms with Crippen molar-refractivity contribution in [3.63, 3.8) is 0 Å². The topological polar surface area (TPSA) is 270 Å². The lowest BCUT2D eigenvalue weighted by atomic mass is 9.97. The molecule has 2 fully saturated rings. The van der Waals surface area contributed by atoms with Crippen LogP contribution < -0.4 is 16.0 Å². The second kappa shape index (κ2) is 34.4. The number of carbonyl (C=O) groups excluding carboxylic acids is 11. The molecule has 0 aromatic heterocycles. The first kappa shape index (κ1) is 73.0. The molecule has 2 aliphatic rings. The van der Waals surface area contributed by atoms with Crippen molar-refractivity contribution in [2.45, 2.75) is 181 Å². The van der Waals surface area contributed by atoms with Crippen LogP contribution in [0.4, 0.5) is 0 Å². The Balaban J connectivity index is 1.62. The van der Waals surface area contributed by atoms with Crippen LogP contribution in [0.25, 0.3) is 0 Å². The Labute approximate surface area is 521 Å². The summed E-state index contributed by atoms with van der Waals surface area (Å²) >= 11 is 0. The van der Waals surface area contributed by atoms with Crippen LogP contribution in [0.2, 0.25) is 0 Å². The zero-order chi connectivity index (χ0) is 65.9. The SMILES string of the molecule is CCN(C(=O)CN(C)C(=O)[C@@H](C)O)[C@@H](Cc1ccccc1)C(=O)N(C)[C@@H](Cc1ccccc1)C(=O)N(C)[C@@H](CC(C)C)C(=O)N1CCC[C@H]1C(=O)N(C)[C@@H](CC(C)C)C(=O)N[C@@H](C)C(=O)N(C)[C@H](C(=O)N[C@@H](CC(=O)NC)C(=O)N1CCCCC1)C(C)C. The number of carbonyl (C=O) groups is 11. The average Bonchev–Trinajstić information content (AvgIpc) is 2.35. The van der Waals surface area contributed by atoms with E-state index in [4.69, 9.17) is 0 Å². The molecule has 2 aromatic carbocycles. The van der Waals surface area contributed by atoms with Gasteiger partial charge >= 0.3 is 0 Å². The van der Waals surface area contributed by atoms with Crippen LogP contribution in [0.5, 0.6) is 0 Å². The molecule has 2 aliphatic heterocycles. The molecule has 0 bridgehead atoms. The van der Waals surface area contributed by atoms with Gasteiger partial charge in [-0.05, 0) is 94.6 Å². The van der Waals surface area contributed by atoms with Crippen molar-refractivity contribution in [3.05, 3.63) is 71.8 Å². The number of amides is 11. The number of likely N-dealkylation sites (N-methyl/N-ethyl adjacent to an activating group) is 6. The molecule has 23 heteroatoms. The normalized spacial score (nSPS) is 16.9. The van der Waals surface area contributed by atoms with Crippen molar-refractivity contribution in [2.24, 2.45) is 17.8 Å². The smallest absolute Gasteiger partial charge is 0.251 e. The summed E-state index contributed by atoms with van der Waals surface area (Å²) in [5, 5.41) is 18.1. The summed E-state index contributed by atoms with van der Waals surface area (Å²) in [5.41, 5.74) is 1.45. The summed E-state index contributed by atoms with van der Waals surface area (Å²) in [6.45, 7) is 16.4. The number of hydrogen-bond acceptors (Lipinski definition) is 12. The Hall–Kier alpha value is -7.43. The number of nitrogens with one attached hydrogen (secondary N) is 3. The quantitative estimate of drug-likeness (QED) is 0.0880. The third-order valence-electron chi connectivity index (χ3n) is 16.8. The molecule has 0 unspecified atom stereocenters. The van der Waals surface area contributed by atoms with Crippen molar-refractivity contribution < 1.29 is 57.8 Å². The van der Waals surface area contributed by atoms with Crippen LogP contribution >= 0.6 is 0 Å². The van der Waals surface area contributed by atoms with Gasteiger partial charge in [-0.1, -0.05) is 102 Å². The van der Waals surface area contributed by atoms with Crippen LogP contribution in [0.3, 0.4) is 0 Å². The molecular weight excluding hydrogens is 1130 g/mol. The number of rotatable bonds is 30. The van der Waals surface area contributed by atoms with Gasteiger partial charge in [0, 0.05) is 81.3 Å². The molecule has 4 N–H and O–H groups in total. The van der Waals surface area contributed by atoms with Crippen LogP contribution in [0, 0.1) is 17.8 Å². The molecule has 9 atom stereocenters. The number of aliphatic hydroxyl groups is 1. The van der Waals surface area contributed by atoms with Crippen molar-refractivity contribution >= 4 is 65.0 Å². The Morgan fingerprint density at radius 2 is 1.10 bits per heavy atom. The third-order valence-corrected chi connectivity index (χ3v) is 16.8. The van der Waals surface area contributed by atoms with Gasteiger partial charge in [0.2, 0.25) is 59.1 Å². The first-order valence-corrected chi connectivity index (χ1v) is 31.2. The molecule has 488 valence electrons. The number of benzene rings is 2. The maximum atomic E-state index is 15.4. The van der Waals surface area contributed by atoms with E-state index >= 15 is 14.4 Å². The Morgan fingerprint density at radius 3 is 1.61 bits per heavy atom. The molecule has 0 radical (unpaired) electrons. The van der Waals surface area contributed by atoms with Crippen LogP contribution in [0.15, 0.2) is 60.7 Å². The highest BCUT2D eigenvalue weighted by Crippen LogP contribution is 2.27. The molecule has 23 nitrogen and oxygen atoms in total. The first-order valence-electron chi connectivity index (χ1n) is 31.2. The molecule has 2 saturated heterocycles. The minimum absolute atomic E-state index is 0.0313. The van der Waals surface area contributed by atoms with Crippen molar-refractivity contribution in [2.75, 3.05) is 75.0 Å². The minimum atomic E-state index is -1.36. The Bertz CT molecular complexity index is 2700. The highest BCUT2D eigenvalue weighted by molar-refractivity contribution is 5.99. The fourth-order valence-corrected chi connectivity index (χ4v) is 11.9. The lowest BCUT2D eigenvalue weighted by Gasteiger charge is -2.40. The fourth-order valence-electron chi connectivity index (χ4n) is 11.9. The van der Waals surface area contributed by atoms with Gasteiger partial charge < -0.3 is 60.3 Å². The highest BCUT2D eigenvalue weighted by atomic mass is 16.3. The van der Waals surface area contributed by atoms with Crippen molar-refractivity contribution in [3.8, 4) is 0 Å². The van der Waals surface area contributed by atoms with Crippen LogP contribution in [-0.4, -0.2) is 239 Å². The number of nitrogens with zero attached hydrogens (tertiary/aromatic N) is 8. The number of hydrogen-bond donors (Lipinski definition) is 4. The fraction of sp³-hybridized carbons (Fsp3) is 0.646. The predicted molar refractivity (Wildman–Crippen MR) is 334 cm³/mol. The average molecular weight is 1230 g/mol. The molecular formula is C65H101N11O12. The van der Waals surface area contributed by atoms with E-state index in [2.05, 4.69) is 16.0 Å². The van der Waals surface area contributed by atoms with Gasteiger partial charge in [0.15, 0.2) is 0 Å². The lowest BCUT2D eigenvalue weighted by Crippen LogP contribution is -2.61. The maximum Gasteiger partial charge on any atom is 0.251 e. The van der Waals surface area contributed by atoms with E-state index in [0.29, 0.717) is 25.1 Å². The summed E-state index contributed by atoms with van der Waals surface area (Å²) in [6, 6.07) is 9.12. The maximum absolute atomic E-state index is 15.4. The Kier molecular flexibility index (Phi) is 28.5. The second-order valence-corrected chi connectivity index (χ2v) is 25.0. The summed E-state index contributed by atoms with van der Waals surface area (Å²) in [7, 11) is 8.77. The van der Waals surface area contributed by atoms with E-state index in [0.717, 1.165) is 29.7 Å². The molecule has 88 heavy (non-hydrogen) atoms. The van der Waals surface area contributed by atoms with E-state index in [9.17, 15) is 43.5 Å². The number of aliphatic hydroxyl groups excluding tert-OH is 1. The summed E-state index contributed by atoms with van der Waals surface area (Å²) in [6.07, 6.45) is 2.07. The van der Waals surface area contributed by atoms with Crippen LogP contribution in [-0.2, 0) is 65.6 Å². The third kappa shape index (κ3) is 19.8. The monoisotopic (exact) mass is 1230 g/mol. The van der Waals surface area contributed by atoms with Gasteiger partial charge in [0.05, 0.1) is 13.0 Å². The van der Waals surface area contributed by atoms with E-state index in [1.54, 1.807) is 25.7 Å². The summed E-state index contributed by atoms with van der Waals surface area (Å²) in [4.78, 5) is 168. The largest absolute Gasteiger partial charge is 0.384 e. The molecule has 0 saturated carbocycles. The highest BCUT2D eigenvalue weighted by Gasteiger charge is 2.46. The second-order valence-electron chi connectivity index (χ2n) is 25.0. The summed E-state index contributed by atoms with van der Waals surface area (Å²) < 4.78 is 0. The van der Waals surface area contributed by atoms with Gasteiger partial charge in [0.25, 0.3) is 5.91 Å². The summed E-state index contributed by atoms with van der Waals surface area (Å²) in [5.74, 6) is -6.82. The molecule has 2 aromatic rings. The first-order chi connectivity index (χ1) is 41.5. The van der Waals surface area contributed by atoms with Crippen molar-refractivity contribution in [1.29, 1.82) is 0 Å². The van der Waals surface area contributed by atoms with Gasteiger partial charge in [0.1, 0.15) is 54.4 Å². The molecule has 0 aliphatic carbocycles. The van der Waals surface area contributed by atoms with E-state index < -0.39 is 126 Å². The minimum Gasteiger partial charge on any atom is -0.384 e. The molecule has 0 spiro atoms. The van der Waals surface area contributed by atoms with Crippen molar-refractivity contribution in [1.82, 2.24) is 55.1 Å². The molecule has 4 rings (SSSR count). The number of likely N-dealkylation sites (tertiary alicyclic amines) is 2. The van der Waals surface area contributed by atoms with Crippen LogP contribution in [0.1, 0.15) is 125 Å².